The number of carbonyl (C=O) groups is 2. The van der Waals surface area contributed by atoms with E-state index in [2.05, 4.69) is 0 Å². The third-order valence-electron chi connectivity index (χ3n) is 2.48. The van der Waals surface area contributed by atoms with Crippen LogP contribution in [0.4, 0.5) is 0 Å². The van der Waals surface area contributed by atoms with Gasteiger partial charge in [0.1, 0.15) is 0 Å². The van der Waals surface area contributed by atoms with Crippen LogP contribution < -0.4 is 0 Å². The number of carbonyl (C=O) groups excluding carboxylic acids is 2. The predicted molar refractivity (Wildman–Crippen MR) is 63.7 cm³/mol. The molecule has 0 aliphatic carbocycles. The number of benzene rings is 1. The molecule has 0 atom stereocenters. The van der Waals surface area contributed by atoms with E-state index in [0.29, 0.717) is 17.7 Å². The van der Waals surface area contributed by atoms with Gasteiger partial charge in [0.15, 0.2) is 6.29 Å². The van der Waals surface area contributed by atoms with Crippen LogP contribution >= 0.6 is 0 Å². The molecule has 0 saturated carbocycles. The molecule has 1 aromatic rings. The quantitative estimate of drug-likeness (QED) is 0.713. The average molecular weight is 219 g/mol. The van der Waals surface area contributed by atoms with Crippen molar-refractivity contribution in [3.63, 3.8) is 0 Å². The molecule has 0 N–H and O–H groups in total. The lowest BCUT2D eigenvalue weighted by molar-refractivity contribution is 0.0761. The summed E-state index contributed by atoms with van der Waals surface area (Å²) in [6, 6.07) is 6.90. The maximum absolute atomic E-state index is 12.1. The first kappa shape index (κ1) is 12.4. The van der Waals surface area contributed by atoms with Gasteiger partial charge in [-0.15, -0.1) is 0 Å². The van der Waals surface area contributed by atoms with Gasteiger partial charge < -0.3 is 4.90 Å². The van der Waals surface area contributed by atoms with E-state index in [0.717, 1.165) is 19.3 Å². The fourth-order valence-electron chi connectivity index (χ4n) is 1.64. The van der Waals surface area contributed by atoms with Gasteiger partial charge in [-0.25, -0.2) is 0 Å². The Kier molecular flexibility index (Phi) is 4.70. The van der Waals surface area contributed by atoms with Crippen molar-refractivity contribution in [3.05, 3.63) is 35.4 Å². The molecule has 86 valence electrons. The van der Waals surface area contributed by atoms with Crippen molar-refractivity contribution >= 4 is 12.2 Å². The Morgan fingerprint density at radius 3 is 2.56 bits per heavy atom. The Hall–Kier alpha value is -1.64. The van der Waals surface area contributed by atoms with Crippen LogP contribution in [0.25, 0.3) is 0 Å². The van der Waals surface area contributed by atoms with E-state index in [1.807, 2.05) is 13.8 Å². The van der Waals surface area contributed by atoms with Gasteiger partial charge in [0.2, 0.25) is 0 Å². The van der Waals surface area contributed by atoms with Crippen LogP contribution in [0.2, 0.25) is 0 Å². The topological polar surface area (TPSA) is 37.4 Å². The minimum absolute atomic E-state index is 0.0629. The largest absolute Gasteiger partial charge is 0.339 e. The molecular weight excluding hydrogens is 202 g/mol. The van der Waals surface area contributed by atoms with Crippen LogP contribution in [0, 0.1) is 0 Å². The van der Waals surface area contributed by atoms with Gasteiger partial charge >= 0.3 is 0 Å². The Morgan fingerprint density at radius 2 is 2.00 bits per heavy atom. The molecule has 0 fully saturated rings. The Bertz CT molecular complexity index is 374. The second-order valence-corrected chi connectivity index (χ2v) is 3.59. The molecule has 0 spiro atoms. The lowest BCUT2D eigenvalue weighted by Crippen LogP contribution is -2.32. The molecule has 0 saturated heterocycles. The van der Waals surface area contributed by atoms with Crippen LogP contribution in [-0.2, 0) is 0 Å². The highest BCUT2D eigenvalue weighted by atomic mass is 16.2. The summed E-state index contributed by atoms with van der Waals surface area (Å²) in [6.45, 7) is 5.36. The Labute approximate surface area is 96.1 Å². The van der Waals surface area contributed by atoms with Crippen molar-refractivity contribution in [2.75, 3.05) is 13.1 Å². The molecule has 0 aliphatic heterocycles. The monoisotopic (exact) mass is 219 g/mol. The standard InChI is InChI=1S/C13H17NO2/c1-3-9-14(4-2)13(16)12-8-6-5-7-11(12)10-15/h5-8,10H,3-4,9H2,1-2H3. The summed E-state index contributed by atoms with van der Waals surface area (Å²) in [5.74, 6) is -0.0629. The van der Waals surface area contributed by atoms with Crippen molar-refractivity contribution in [1.29, 1.82) is 0 Å². The van der Waals surface area contributed by atoms with E-state index < -0.39 is 0 Å². The predicted octanol–water partition coefficient (Wildman–Crippen LogP) is 2.37. The smallest absolute Gasteiger partial charge is 0.254 e. The van der Waals surface area contributed by atoms with E-state index in [1.165, 1.54) is 0 Å². The second-order valence-electron chi connectivity index (χ2n) is 3.59. The molecule has 0 unspecified atom stereocenters. The van der Waals surface area contributed by atoms with E-state index in [9.17, 15) is 9.59 Å². The molecule has 16 heavy (non-hydrogen) atoms. The van der Waals surface area contributed by atoms with Gasteiger partial charge in [-0.1, -0.05) is 25.1 Å². The fourth-order valence-corrected chi connectivity index (χ4v) is 1.64. The molecule has 1 aromatic carbocycles. The summed E-state index contributed by atoms with van der Waals surface area (Å²) < 4.78 is 0. The third-order valence-corrected chi connectivity index (χ3v) is 2.48. The first-order valence-electron chi connectivity index (χ1n) is 5.58. The highest BCUT2D eigenvalue weighted by Gasteiger charge is 2.15. The van der Waals surface area contributed by atoms with Gasteiger partial charge in [-0.3, -0.25) is 9.59 Å². The Morgan fingerprint density at radius 1 is 1.31 bits per heavy atom. The first-order chi connectivity index (χ1) is 7.74. The summed E-state index contributed by atoms with van der Waals surface area (Å²) in [6.07, 6.45) is 1.65. The average Bonchev–Trinajstić information content (AvgIpc) is 2.35. The molecule has 3 nitrogen and oxygen atoms in total. The van der Waals surface area contributed by atoms with E-state index >= 15 is 0 Å². The minimum atomic E-state index is -0.0629. The zero-order chi connectivity index (χ0) is 12.0. The summed E-state index contributed by atoms with van der Waals surface area (Å²) in [5.41, 5.74) is 0.954. The summed E-state index contributed by atoms with van der Waals surface area (Å²) in [5, 5.41) is 0. The summed E-state index contributed by atoms with van der Waals surface area (Å²) in [4.78, 5) is 24.7. The molecule has 1 amide bonds. The van der Waals surface area contributed by atoms with Crippen molar-refractivity contribution in [2.45, 2.75) is 20.3 Å². The maximum atomic E-state index is 12.1. The molecular formula is C13H17NO2. The molecule has 0 radical (unpaired) electrons. The Balaban J connectivity index is 2.98. The second kappa shape index (κ2) is 6.05. The normalized spacial score (nSPS) is 9.88. The number of amides is 1. The van der Waals surface area contributed by atoms with Crippen molar-refractivity contribution < 1.29 is 9.59 Å². The maximum Gasteiger partial charge on any atom is 0.254 e. The SMILES string of the molecule is CCCN(CC)C(=O)c1ccccc1C=O. The molecule has 0 bridgehead atoms. The number of hydrogen-bond donors (Lipinski definition) is 0. The number of rotatable bonds is 5. The van der Waals surface area contributed by atoms with Crippen molar-refractivity contribution in [1.82, 2.24) is 4.90 Å². The van der Waals surface area contributed by atoms with E-state index in [4.69, 9.17) is 0 Å². The molecule has 0 aliphatic rings. The van der Waals surface area contributed by atoms with Gasteiger partial charge in [-0.05, 0) is 19.4 Å². The summed E-state index contributed by atoms with van der Waals surface area (Å²) >= 11 is 0. The van der Waals surface area contributed by atoms with Crippen molar-refractivity contribution in [3.8, 4) is 0 Å². The van der Waals surface area contributed by atoms with Crippen molar-refractivity contribution in [2.24, 2.45) is 0 Å². The number of aldehydes is 1. The van der Waals surface area contributed by atoms with Crippen LogP contribution in [0.1, 0.15) is 41.0 Å². The zero-order valence-corrected chi connectivity index (χ0v) is 9.77. The zero-order valence-electron chi connectivity index (χ0n) is 9.77. The number of hydrogen-bond acceptors (Lipinski definition) is 2. The van der Waals surface area contributed by atoms with Crippen LogP contribution in [0.3, 0.4) is 0 Å². The third kappa shape index (κ3) is 2.69. The van der Waals surface area contributed by atoms with Gasteiger partial charge in [0.25, 0.3) is 5.91 Å². The number of nitrogens with zero attached hydrogens (tertiary/aromatic N) is 1. The van der Waals surface area contributed by atoms with Gasteiger partial charge in [0, 0.05) is 18.7 Å². The van der Waals surface area contributed by atoms with Crippen LogP contribution in [-0.4, -0.2) is 30.2 Å². The minimum Gasteiger partial charge on any atom is -0.339 e. The summed E-state index contributed by atoms with van der Waals surface area (Å²) in [7, 11) is 0. The molecule has 0 heterocycles. The van der Waals surface area contributed by atoms with Crippen LogP contribution in [0.15, 0.2) is 24.3 Å². The highest BCUT2D eigenvalue weighted by Crippen LogP contribution is 2.10. The molecule has 1 rings (SSSR count). The molecule has 3 heteroatoms. The van der Waals surface area contributed by atoms with Gasteiger partial charge in [0.05, 0.1) is 5.56 Å². The fraction of sp³-hybridized carbons (Fsp3) is 0.385. The van der Waals surface area contributed by atoms with E-state index in [1.54, 1.807) is 29.2 Å². The lowest BCUT2D eigenvalue weighted by atomic mass is 10.1. The first-order valence-corrected chi connectivity index (χ1v) is 5.58. The van der Waals surface area contributed by atoms with Gasteiger partial charge in [-0.2, -0.15) is 0 Å². The highest BCUT2D eigenvalue weighted by molar-refractivity contribution is 6.01. The molecule has 0 aromatic heterocycles. The van der Waals surface area contributed by atoms with E-state index in [-0.39, 0.29) is 5.91 Å². The lowest BCUT2D eigenvalue weighted by Gasteiger charge is -2.20. The van der Waals surface area contributed by atoms with Crippen LogP contribution in [0.5, 0.6) is 0 Å².